The molecular weight excluding hydrogens is 292 g/mol. The summed E-state index contributed by atoms with van der Waals surface area (Å²) in [4.78, 5) is 6.79. The quantitative estimate of drug-likeness (QED) is 0.565. The number of hydrogen-bond donors (Lipinski definition) is 2. The molecule has 6 heteroatoms. The summed E-state index contributed by atoms with van der Waals surface area (Å²) in [6.45, 7) is 13.1. The summed E-state index contributed by atoms with van der Waals surface area (Å²) in [5.74, 6) is 1.52. The van der Waals surface area contributed by atoms with Crippen LogP contribution in [-0.2, 0) is 9.47 Å². The molecule has 2 aliphatic rings. The van der Waals surface area contributed by atoms with Gasteiger partial charge in [0.2, 0.25) is 0 Å². The third kappa shape index (κ3) is 6.28. The summed E-state index contributed by atoms with van der Waals surface area (Å²) in [6.07, 6.45) is 2.47. The summed E-state index contributed by atoms with van der Waals surface area (Å²) in [6, 6.07) is 0. The second kappa shape index (κ2) is 8.85. The van der Waals surface area contributed by atoms with Crippen LogP contribution in [0.5, 0.6) is 0 Å². The molecule has 0 aromatic heterocycles. The summed E-state index contributed by atoms with van der Waals surface area (Å²) < 4.78 is 11.7. The van der Waals surface area contributed by atoms with E-state index >= 15 is 0 Å². The molecule has 0 aliphatic carbocycles. The van der Waals surface area contributed by atoms with Crippen molar-refractivity contribution in [2.24, 2.45) is 10.9 Å². The minimum atomic E-state index is -0.0625. The van der Waals surface area contributed by atoms with Crippen LogP contribution >= 0.6 is 0 Å². The Labute approximate surface area is 141 Å². The van der Waals surface area contributed by atoms with Gasteiger partial charge in [0.25, 0.3) is 0 Å². The Kier molecular flexibility index (Phi) is 7.11. The predicted molar refractivity (Wildman–Crippen MR) is 94.0 cm³/mol. The summed E-state index contributed by atoms with van der Waals surface area (Å²) in [5, 5.41) is 6.77. The minimum absolute atomic E-state index is 0.0625. The molecule has 2 aliphatic heterocycles. The average Bonchev–Trinajstić information content (AvgIpc) is 2.94. The largest absolute Gasteiger partial charge is 0.374 e. The van der Waals surface area contributed by atoms with Gasteiger partial charge in [-0.3, -0.25) is 9.89 Å². The molecule has 2 atom stereocenters. The van der Waals surface area contributed by atoms with Crippen molar-refractivity contribution in [3.05, 3.63) is 0 Å². The van der Waals surface area contributed by atoms with E-state index in [9.17, 15) is 0 Å². The zero-order valence-electron chi connectivity index (χ0n) is 15.2. The van der Waals surface area contributed by atoms with Crippen LogP contribution in [0, 0.1) is 5.92 Å². The molecule has 6 nitrogen and oxygen atoms in total. The third-order valence-electron chi connectivity index (χ3n) is 4.50. The molecule has 2 saturated heterocycles. The van der Waals surface area contributed by atoms with Crippen LogP contribution in [0.25, 0.3) is 0 Å². The number of nitrogens with zero attached hydrogens (tertiary/aromatic N) is 2. The van der Waals surface area contributed by atoms with Crippen LogP contribution in [0.1, 0.15) is 33.6 Å². The van der Waals surface area contributed by atoms with Gasteiger partial charge in [0.1, 0.15) is 0 Å². The lowest BCUT2D eigenvalue weighted by Gasteiger charge is -2.34. The van der Waals surface area contributed by atoms with Crippen LogP contribution < -0.4 is 10.6 Å². The van der Waals surface area contributed by atoms with Crippen molar-refractivity contribution < 1.29 is 9.47 Å². The highest BCUT2D eigenvalue weighted by molar-refractivity contribution is 5.79. The van der Waals surface area contributed by atoms with Gasteiger partial charge in [-0.15, -0.1) is 0 Å². The number of morpholine rings is 1. The summed E-state index contributed by atoms with van der Waals surface area (Å²) >= 11 is 0. The van der Waals surface area contributed by atoms with Gasteiger partial charge in [-0.1, -0.05) is 13.8 Å². The van der Waals surface area contributed by atoms with Crippen LogP contribution in [-0.4, -0.2) is 75.5 Å². The molecule has 0 aromatic carbocycles. The van der Waals surface area contributed by atoms with Gasteiger partial charge < -0.3 is 20.1 Å². The first-order valence-electron chi connectivity index (χ1n) is 8.93. The number of ether oxygens (including phenoxy) is 2. The van der Waals surface area contributed by atoms with Crippen molar-refractivity contribution >= 4 is 5.96 Å². The minimum Gasteiger partial charge on any atom is -0.374 e. The van der Waals surface area contributed by atoms with Crippen molar-refractivity contribution in [1.82, 2.24) is 15.5 Å². The molecule has 0 amide bonds. The summed E-state index contributed by atoms with van der Waals surface area (Å²) in [7, 11) is 1.81. The lowest BCUT2D eigenvalue weighted by atomic mass is 10.0. The van der Waals surface area contributed by atoms with Crippen LogP contribution in [0.3, 0.4) is 0 Å². The fourth-order valence-electron chi connectivity index (χ4n) is 3.26. The Balaban J connectivity index is 1.70. The topological polar surface area (TPSA) is 58.1 Å². The van der Waals surface area contributed by atoms with Gasteiger partial charge in [-0.2, -0.15) is 0 Å². The SMILES string of the molecule is CN=C(NCC1CN(CC(C)C)CCO1)NCC1(C)CCCO1. The molecule has 0 radical (unpaired) electrons. The zero-order valence-corrected chi connectivity index (χ0v) is 15.2. The predicted octanol–water partition coefficient (Wildman–Crippen LogP) is 1.08. The highest BCUT2D eigenvalue weighted by Gasteiger charge is 2.29. The van der Waals surface area contributed by atoms with E-state index in [1.54, 1.807) is 7.05 Å². The van der Waals surface area contributed by atoms with Crippen molar-refractivity contribution in [3.63, 3.8) is 0 Å². The van der Waals surface area contributed by atoms with Gasteiger partial charge in [0.05, 0.1) is 18.3 Å². The fraction of sp³-hybridized carbons (Fsp3) is 0.941. The third-order valence-corrected chi connectivity index (χ3v) is 4.50. The van der Waals surface area contributed by atoms with E-state index in [2.05, 4.69) is 41.3 Å². The monoisotopic (exact) mass is 326 g/mol. The number of hydrogen-bond acceptors (Lipinski definition) is 4. The van der Waals surface area contributed by atoms with Gasteiger partial charge in [-0.05, 0) is 25.7 Å². The van der Waals surface area contributed by atoms with E-state index in [4.69, 9.17) is 9.47 Å². The number of aliphatic imine (C=N–C) groups is 1. The molecule has 0 spiro atoms. The van der Waals surface area contributed by atoms with Crippen molar-refractivity contribution in [2.75, 3.05) is 53.0 Å². The van der Waals surface area contributed by atoms with E-state index in [0.29, 0.717) is 5.92 Å². The standard InChI is InChI=1S/C17H34N4O2/c1-14(2)11-21-7-9-22-15(12-21)10-19-16(18-4)20-13-17(3)6-5-8-23-17/h14-15H,5-13H2,1-4H3,(H2,18,19,20). The highest BCUT2D eigenvalue weighted by Crippen LogP contribution is 2.23. The van der Waals surface area contributed by atoms with E-state index in [1.807, 2.05) is 0 Å². The molecule has 2 fully saturated rings. The lowest BCUT2D eigenvalue weighted by Crippen LogP contribution is -2.51. The van der Waals surface area contributed by atoms with Gasteiger partial charge >= 0.3 is 0 Å². The molecule has 2 unspecified atom stereocenters. The molecule has 0 aromatic rings. The smallest absolute Gasteiger partial charge is 0.191 e. The fourth-order valence-corrected chi connectivity index (χ4v) is 3.26. The molecule has 134 valence electrons. The first kappa shape index (κ1) is 18.5. The number of nitrogens with one attached hydrogen (secondary N) is 2. The van der Waals surface area contributed by atoms with Crippen molar-refractivity contribution in [1.29, 1.82) is 0 Å². The molecule has 23 heavy (non-hydrogen) atoms. The van der Waals surface area contributed by atoms with Crippen molar-refractivity contribution in [2.45, 2.75) is 45.3 Å². The number of guanidine groups is 1. The Morgan fingerprint density at radius 2 is 2.17 bits per heavy atom. The number of rotatable bonds is 6. The molecule has 2 heterocycles. The second-order valence-corrected chi connectivity index (χ2v) is 7.35. The van der Waals surface area contributed by atoms with Crippen LogP contribution in [0.15, 0.2) is 4.99 Å². The molecule has 0 bridgehead atoms. The van der Waals surface area contributed by atoms with Crippen LogP contribution in [0.2, 0.25) is 0 Å². The van der Waals surface area contributed by atoms with Gasteiger partial charge in [0.15, 0.2) is 5.96 Å². The molecular formula is C17H34N4O2. The van der Waals surface area contributed by atoms with Crippen molar-refractivity contribution in [3.8, 4) is 0 Å². The van der Waals surface area contributed by atoms with E-state index in [-0.39, 0.29) is 11.7 Å². The van der Waals surface area contributed by atoms with E-state index < -0.39 is 0 Å². The van der Waals surface area contributed by atoms with E-state index in [1.165, 1.54) is 0 Å². The molecule has 0 saturated carbocycles. The normalized spacial score (nSPS) is 30.0. The van der Waals surface area contributed by atoms with Gasteiger partial charge in [0, 0.05) is 46.4 Å². The first-order valence-corrected chi connectivity index (χ1v) is 8.93. The zero-order chi connectivity index (χ0) is 16.7. The Morgan fingerprint density at radius 3 is 2.83 bits per heavy atom. The maximum atomic E-state index is 5.87. The highest BCUT2D eigenvalue weighted by atomic mass is 16.5. The maximum absolute atomic E-state index is 5.87. The Morgan fingerprint density at radius 1 is 1.35 bits per heavy atom. The lowest BCUT2D eigenvalue weighted by molar-refractivity contribution is -0.0285. The Bertz CT molecular complexity index is 381. The Hall–Kier alpha value is -0.850. The van der Waals surface area contributed by atoms with Crippen LogP contribution in [0.4, 0.5) is 0 Å². The van der Waals surface area contributed by atoms with Gasteiger partial charge in [-0.25, -0.2) is 0 Å². The molecule has 2 N–H and O–H groups in total. The molecule has 2 rings (SSSR count). The van der Waals surface area contributed by atoms with E-state index in [0.717, 1.165) is 64.7 Å². The summed E-state index contributed by atoms with van der Waals surface area (Å²) in [5.41, 5.74) is -0.0625. The first-order chi connectivity index (χ1) is 11.0. The maximum Gasteiger partial charge on any atom is 0.191 e. The average molecular weight is 326 g/mol. The second-order valence-electron chi connectivity index (χ2n) is 7.35.